The zero-order chi connectivity index (χ0) is 29.4. The van der Waals surface area contributed by atoms with Crippen molar-refractivity contribution < 1.29 is 0 Å². The quantitative estimate of drug-likeness (QED) is 0.194. The molecule has 0 spiro atoms. The number of hydrogen-bond donors (Lipinski definition) is 0. The molecule has 1 aliphatic rings. The van der Waals surface area contributed by atoms with E-state index < -0.39 is 0 Å². The van der Waals surface area contributed by atoms with E-state index in [1.54, 1.807) is 0 Å². The third-order valence-electron chi connectivity index (χ3n) is 9.78. The van der Waals surface area contributed by atoms with E-state index in [0.717, 1.165) is 5.69 Å². The number of fused-ring (bicyclic) bond motifs is 9. The summed E-state index contributed by atoms with van der Waals surface area (Å²) >= 11 is 0. The number of benzene rings is 8. The lowest BCUT2D eigenvalue weighted by Gasteiger charge is -2.29. The summed E-state index contributed by atoms with van der Waals surface area (Å²) in [6, 6.07) is 56.0. The van der Waals surface area contributed by atoms with Crippen molar-refractivity contribution >= 4 is 60.2 Å². The molecule has 1 nitrogen and oxygen atoms in total. The van der Waals surface area contributed by atoms with Gasteiger partial charge in [-0.3, -0.25) is 0 Å². The van der Waals surface area contributed by atoms with Gasteiger partial charge in [0.2, 0.25) is 0 Å². The fraction of sp³-hybridized carbons (Fsp3) is 0.0698. The highest BCUT2D eigenvalue weighted by Crippen LogP contribution is 2.51. The molecule has 0 radical (unpaired) electrons. The third-order valence-corrected chi connectivity index (χ3v) is 9.78. The maximum atomic E-state index is 2.48. The fourth-order valence-corrected chi connectivity index (χ4v) is 7.69. The molecule has 208 valence electrons. The smallest absolute Gasteiger partial charge is 0.0546 e. The number of nitrogens with zero attached hydrogens (tertiary/aromatic N) is 1. The maximum Gasteiger partial charge on any atom is 0.0546 e. The van der Waals surface area contributed by atoms with Crippen molar-refractivity contribution in [3.05, 3.63) is 163 Å². The monoisotopic (exact) mass is 561 g/mol. The van der Waals surface area contributed by atoms with E-state index in [0.29, 0.717) is 0 Å². The van der Waals surface area contributed by atoms with Gasteiger partial charge in [0.1, 0.15) is 0 Å². The molecule has 0 saturated heterocycles. The number of hydrogen-bond acceptors (Lipinski definition) is 1. The largest absolute Gasteiger partial charge is 0.309 e. The van der Waals surface area contributed by atoms with Crippen molar-refractivity contribution in [1.29, 1.82) is 0 Å². The predicted octanol–water partition coefficient (Wildman–Crippen LogP) is 12.1. The Labute approximate surface area is 257 Å². The molecule has 1 heteroatoms. The van der Waals surface area contributed by atoms with Gasteiger partial charge in [-0.15, -0.1) is 0 Å². The SMILES string of the molecule is CC1(C)c2ccccc2-c2cc3ccc4cccc(N(c5ccccc5)c5cccc6ccc7ccccc7c56)c4c3cc21. The van der Waals surface area contributed by atoms with E-state index in [9.17, 15) is 0 Å². The highest BCUT2D eigenvalue weighted by molar-refractivity contribution is 6.20. The summed E-state index contributed by atoms with van der Waals surface area (Å²) in [7, 11) is 0. The van der Waals surface area contributed by atoms with Crippen LogP contribution in [0.25, 0.3) is 54.2 Å². The molecule has 0 bridgehead atoms. The van der Waals surface area contributed by atoms with Crippen LogP contribution in [0.3, 0.4) is 0 Å². The van der Waals surface area contributed by atoms with Crippen LogP contribution >= 0.6 is 0 Å². The van der Waals surface area contributed by atoms with Crippen molar-refractivity contribution in [2.45, 2.75) is 19.3 Å². The van der Waals surface area contributed by atoms with Gasteiger partial charge >= 0.3 is 0 Å². The van der Waals surface area contributed by atoms with E-state index in [2.05, 4.69) is 170 Å². The summed E-state index contributed by atoms with van der Waals surface area (Å²) in [5.74, 6) is 0. The molecule has 0 atom stereocenters. The highest BCUT2D eigenvalue weighted by Gasteiger charge is 2.35. The van der Waals surface area contributed by atoms with Gasteiger partial charge in [0, 0.05) is 21.9 Å². The van der Waals surface area contributed by atoms with Crippen molar-refractivity contribution in [2.24, 2.45) is 0 Å². The van der Waals surface area contributed by atoms with E-state index in [4.69, 9.17) is 0 Å². The molecule has 0 aromatic heterocycles. The van der Waals surface area contributed by atoms with Crippen LogP contribution in [-0.2, 0) is 5.41 Å². The van der Waals surface area contributed by atoms with Gasteiger partial charge in [-0.25, -0.2) is 0 Å². The molecule has 0 N–H and O–H groups in total. The molecular weight excluding hydrogens is 530 g/mol. The molecule has 8 aromatic carbocycles. The molecule has 0 amide bonds. The normalized spacial score (nSPS) is 13.4. The zero-order valence-electron chi connectivity index (χ0n) is 24.9. The summed E-state index contributed by atoms with van der Waals surface area (Å²) in [5, 5.41) is 10.1. The zero-order valence-corrected chi connectivity index (χ0v) is 24.9. The molecule has 0 heterocycles. The van der Waals surface area contributed by atoms with Crippen LogP contribution in [0.2, 0.25) is 0 Å². The average molecular weight is 562 g/mol. The molecular formula is C43H31N. The summed E-state index contributed by atoms with van der Waals surface area (Å²) in [4.78, 5) is 2.48. The van der Waals surface area contributed by atoms with Crippen molar-refractivity contribution in [1.82, 2.24) is 0 Å². The van der Waals surface area contributed by atoms with Crippen LogP contribution in [0, 0.1) is 0 Å². The van der Waals surface area contributed by atoms with Gasteiger partial charge < -0.3 is 4.90 Å². The Balaban J connectivity index is 1.40. The maximum absolute atomic E-state index is 2.48. The Bertz CT molecular complexity index is 2420. The van der Waals surface area contributed by atoms with Crippen molar-refractivity contribution in [3.63, 3.8) is 0 Å². The Morgan fingerprint density at radius 3 is 1.77 bits per heavy atom. The topological polar surface area (TPSA) is 3.24 Å². The van der Waals surface area contributed by atoms with Crippen LogP contribution in [0.4, 0.5) is 17.1 Å². The molecule has 8 aromatic rings. The Kier molecular flexibility index (Phi) is 5.31. The van der Waals surface area contributed by atoms with Crippen LogP contribution in [0.1, 0.15) is 25.0 Å². The minimum atomic E-state index is -0.0646. The minimum absolute atomic E-state index is 0.0646. The first kappa shape index (κ1) is 25.1. The van der Waals surface area contributed by atoms with Gasteiger partial charge in [0.05, 0.1) is 11.4 Å². The predicted molar refractivity (Wildman–Crippen MR) is 189 cm³/mol. The Hall–Kier alpha value is -5.40. The van der Waals surface area contributed by atoms with Crippen LogP contribution in [-0.4, -0.2) is 0 Å². The van der Waals surface area contributed by atoms with Crippen LogP contribution in [0.15, 0.2) is 152 Å². The summed E-state index contributed by atoms with van der Waals surface area (Å²) in [6.45, 7) is 4.74. The second kappa shape index (κ2) is 9.30. The lowest BCUT2D eigenvalue weighted by atomic mass is 9.81. The summed E-state index contributed by atoms with van der Waals surface area (Å²) < 4.78 is 0. The Morgan fingerprint density at radius 2 is 1.00 bits per heavy atom. The van der Waals surface area contributed by atoms with E-state index in [1.165, 1.54) is 76.7 Å². The van der Waals surface area contributed by atoms with Crippen molar-refractivity contribution in [2.75, 3.05) is 4.90 Å². The second-order valence-corrected chi connectivity index (χ2v) is 12.6. The van der Waals surface area contributed by atoms with Gasteiger partial charge in [-0.05, 0) is 91.0 Å². The summed E-state index contributed by atoms with van der Waals surface area (Å²) in [5.41, 5.74) is 8.97. The first-order chi connectivity index (χ1) is 21.6. The first-order valence-corrected chi connectivity index (χ1v) is 15.5. The van der Waals surface area contributed by atoms with Crippen molar-refractivity contribution in [3.8, 4) is 11.1 Å². The lowest BCUT2D eigenvalue weighted by molar-refractivity contribution is 0.661. The van der Waals surface area contributed by atoms with Gasteiger partial charge in [-0.1, -0.05) is 129 Å². The van der Waals surface area contributed by atoms with Gasteiger partial charge in [-0.2, -0.15) is 0 Å². The molecule has 44 heavy (non-hydrogen) atoms. The highest BCUT2D eigenvalue weighted by atomic mass is 15.1. The molecule has 0 fully saturated rings. The average Bonchev–Trinajstić information content (AvgIpc) is 3.30. The standard InChI is InChI=1S/C43H31N/c1-43(2)37-19-9-8-18-34(37)36-26-31-25-24-30-14-11-21-40(42(30)35(31)27-38(36)43)44(32-15-4-3-5-16-32)39-20-10-13-29-23-22-28-12-6-7-17-33(28)41(29)39/h3-27H,1-2H3. The van der Waals surface area contributed by atoms with E-state index in [1.807, 2.05) is 0 Å². The molecule has 0 unspecified atom stereocenters. The molecule has 9 rings (SSSR count). The van der Waals surface area contributed by atoms with Crippen LogP contribution in [0.5, 0.6) is 0 Å². The molecule has 1 aliphatic carbocycles. The first-order valence-electron chi connectivity index (χ1n) is 15.5. The van der Waals surface area contributed by atoms with Gasteiger partial charge in [0.25, 0.3) is 0 Å². The second-order valence-electron chi connectivity index (χ2n) is 12.6. The van der Waals surface area contributed by atoms with Crippen LogP contribution < -0.4 is 4.90 Å². The van der Waals surface area contributed by atoms with E-state index >= 15 is 0 Å². The Morgan fingerprint density at radius 1 is 0.409 bits per heavy atom. The fourth-order valence-electron chi connectivity index (χ4n) is 7.69. The molecule has 0 aliphatic heterocycles. The number of anilines is 3. The lowest BCUT2D eigenvalue weighted by Crippen LogP contribution is -2.15. The third kappa shape index (κ3) is 3.53. The number of para-hydroxylation sites is 1. The number of rotatable bonds is 3. The van der Waals surface area contributed by atoms with Gasteiger partial charge in [0.15, 0.2) is 0 Å². The van der Waals surface area contributed by atoms with E-state index in [-0.39, 0.29) is 5.41 Å². The minimum Gasteiger partial charge on any atom is -0.309 e. The summed E-state index contributed by atoms with van der Waals surface area (Å²) in [6.07, 6.45) is 0. The molecule has 0 saturated carbocycles.